The number of aromatic nitrogens is 2. The minimum atomic E-state index is 0.0946. The van der Waals surface area contributed by atoms with Crippen molar-refractivity contribution in [3.8, 4) is 34.3 Å². The molecule has 0 saturated heterocycles. The number of halogens is 1. The maximum Gasteiger partial charge on any atom is 0.173 e. The van der Waals surface area contributed by atoms with Crippen LogP contribution in [0.15, 0.2) is 53.1 Å². The first-order chi connectivity index (χ1) is 11.2. The van der Waals surface area contributed by atoms with Gasteiger partial charge >= 0.3 is 0 Å². The van der Waals surface area contributed by atoms with Crippen LogP contribution in [0.5, 0.6) is 23.0 Å². The van der Waals surface area contributed by atoms with Crippen LogP contribution in [0, 0.1) is 0 Å². The number of nitrogens with zero attached hydrogens (tertiary/aromatic N) is 1. The van der Waals surface area contributed by atoms with Crippen molar-refractivity contribution in [3.63, 3.8) is 0 Å². The summed E-state index contributed by atoms with van der Waals surface area (Å²) >= 11 is 3.44. The average molecular weight is 375 g/mol. The number of nitrogens with one attached hydrogen (secondary N) is 1. The Morgan fingerprint density at radius 1 is 1.17 bits per heavy atom. The summed E-state index contributed by atoms with van der Waals surface area (Å²) < 4.78 is 12.1. The van der Waals surface area contributed by atoms with E-state index in [1.165, 1.54) is 0 Å². The monoisotopic (exact) mass is 374 g/mol. The number of hydrogen-bond donors (Lipinski definition) is 2. The molecule has 6 heteroatoms. The number of para-hydroxylation sites is 1. The fraction of sp³-hybridized carbons (Fsp3) is 0.118. The molecule has 0 radical (unpaired) electrons. The molecule has 5 nitrogen and oxygen atoms in total. The smallest absolute Gasteiger partial charge is 0.173 e. The quantitative estimate of drug-likeness (QED) is 0.676. The van der Waals surface area contributed by atoms with Crippen LogP contribution in [0.2, 0.25) is 0 Å². The Kier molecular flexibility index (Phi) is 4.52. The molecule has 1 heterocycles. The molecule has 23 heavy (non-hydrogen) atoms. The summed E-state index contributed by atoms with van der Waals surface area (Å²) in [7, 11) is 0. The predicted octanol–water partition coefficient (Wildman–Crippen LogP) is 4.74. The minimum Gasteiger partial charge on any atom is -0.507 e. The summed E-state index contributed by atoms with van der Waals surface area (Å²) in [6.45, 7) is 2.43. The second-order valence-electron chi connectivity index (χ2n) is 4.75. The third-order valence-corrected chi connectivity index (χ3v) is 3.87. The van der Waals surface area contributed by atoms with Gasteiger partial charge in [0.15, 0.2) is 5.75 Å². The summed E-state index contributed by atoms with van der Waals surface area (Å²) in [5, 5.41) is 17.1. The van der Waals surface area contributed by atoms with Gasteiger partial charge in [0.25, 0.3) is 0 Å². The lowest BCUT2D eigenvalue weighted by molar-refractivity contribution is 0.338. The third kappa shape index (κ3) is 3.32. The summed E-state index contributed by atoms with van der Waals surface area (Å²) in [6, 6.07) is 12.7. The number of phenols is 1. The highest BCUT2D eigenvalue weighted by Crippen LogP contribution is 2.39. The normalized spacial score (nSPS) is 10.5. The fourth-order valence-electron chi connectivity index (χ4n) is 2.17. The molecule has 0 spiro atoms. The molecule has 0 atom stereocenters. The average Bonchev–Trinajstić information content (AvgIpc) is 2.98. The zero-order chi connectivity index (χ0) is 16.2. The molecule has 3 aromatic rings. The van der Waals surface area contributed by atoms with Crippen molar-refractivity contribution < 1.29 is 14.6 Å². The third-order valence-electron chi connectivity index (χ3n) is 3.21. The van der Waals surface area contributed by atoms with E-state index in [9.17, 15) is 5.11 Å². The van der Waals surface area contributed by atoms with Crippen molar-refractivity contribution in [2.24, 2.45) is 0 Å². The molecule has 0 aliphatic heterocycles. The zero-order valence-electron chi connectivity index (χ0n) is 12.4. The second kappa shape index (κ2) is 6.75. The van der Waals surface area contributed by atoms with Gasteiger partial charge in [-0.15, -0.1) is 0 Å². The van der Waals surface area contributed by atoms with E-state index in [0.717, 1.165) is 4.47 Å². The molecule has 1 aromatic heterocycles. The van der Waals surface area contributed by atoms with Crippen LogP contribution in [0.1, 0.15) is 6.92 Å². The Bertz CT molecular complexity index is 817. The van der Waals surface area contributed by atoms with Crippen molar-refractivity contribution >= 4 is 15.9 Å². The molecule has 0 aliphatic carbocycles. The molecule has 0 amide bonds. The maximum atomic E-state index is 10.2. The SMILES string of the molecule is CCOc1ccc(-c2[nH]ncc2Oc2ccccc2Br)c(O)c1. The molecule has 2 aromatic carbocycles. The molecule has 0 saturated carbocycles. The standard InChI is InChI=1S/C17H15BrN2O3/c1-2-22-11-7-8-12(14(21)9-11)17-16(10-19-20-17)23-15-6-4-3-5-13(15)18/h3-10,21H,2H2,1H3,(H,19,20). The van der Waals surface area contributed by atoms with Gasteiger partial charge in [-0.25, -0.2) is 0 Å². The summed E-state index contributed by atoms with van der Waals surface area (Å²) in [4.78, 5) is 0. The van der Waals surface area contributed by atoms with Crippen LogP contribution in [-0.2, 0) is 0 Å². The number of aromatic amines is 1. The van der Waals surface area contributed by atoms with Crippen LogP contribution in [0.4, 0.5) is 0 Å². The lowest BCUT2D eigenvalue weighted by Gasteiger charge is -2.10. The van der Waals surface area contributed by atoms with Crippen LogP contribution in [0.3, 0.4) is 0 Å². The van der Waals surface area contributed by atoms with Crippen molar-refractivity contribution in [1.82, 2.24) is 10.2 Å². The zero-order valence-corrected chi connectivity index (χ0v) is 14.0. The Hall–Kier alpha value is -2.47. The molecular formula is C17H15BrN2O3. The van der Waals surface area contributed by atoms with Gasteiger partial charge in [0.2, 0.25) is 0 Å². The van der Waals surface area contributed by atoms with Gasteiger partial charge in [0.1, 0.15) is 22.9 Å². The summed E-state index contributed by atoms with van der Waals surface area (Å²) in [5.74, 6) is 1.90. The van der Waals surface area contributed by atoms with Crippen LogP contribution < -0.4 is 9.47 Å². The molecule has 3 rings (SSSR count). The molecule has 0 aliphatic rings. The predicted molar refractivity (Wildman–Crippen MR) is 91.1 cm³/mol. The number of ether oxygens (including phenoxy) is 2. The first-order valence-electron chi connectivity index (χ1n) is 7.11. The Labute approximate surface area is 142 Å². The molecule has 0 bridgehead atoms. The number of rotatable bonds is 5. The first-order valence-corrected chi connectivity index (χ1v) is 7.90. The Morgan fingerprint density at radius 2 is 2.00 bits per heavy atom. The lowest BCUT2D eigenvalue weighted by Crippen LogP contribution is -1.92. The van der Waals surface area contributed by atoms with Crippen molar-refractivity contribution in [3.05, 3.63) is 53.1 Å². The minimum absolute atomic E-state index is 0.0946. The van der Waals surface area contributed by atoms with Gasteiger partial charge in [-0.2, -0.15) is 5.10 Å². The van der Waals surface area contributed by atoms with Gasteiger partial charge in [-0.05, 0) is 47.1 Å². The van der Waals surface area contributed by atoms with Crippen molar-refractivity contribution in [1.29, 1.82) is 0 Å². The van der Waals surface area contributed by atoms with Crippen LogP contribution in [-0.4, -0.2) is 21.9 Å². The summed E-state index contributed by atoms with van der Waals surface area (Å²) in [5.41, 5.74) is 1.19. The molecule has 118 valence electrons. The highest BCUT2D eigenvalue weighted by molar-refractivity contribution is 9.10. The van der Waals surface area contributed by atoms with Gasteiger partial charge in [-0.3, -0.25) is 5.10 Å². The van der Waals surface area contributed by atoms with E-state index < -0.39 is 0 Å². The second-order valence-corrected chi connectivity index (χ2v) is 5.61. The van der Waals surface area contributed by atoms with E-state index in [0.29, 0.717) is 35.1 Å². The maximum absolute atomic E-state index is 10.2. The van der Waals surface area contributed by atoms with E-state index in [1.54, 1.807) is 24.4 Å². The van der Waals surface area contributed by atoms with E-state index in [4.69, 9.17) is 9.47 Å². The van der Waals surface area contributed by atoms with Gasteiger partial charge < -0.3 is 14.6 Å². The summed E-state index contributed by atoms with van der Waals surface area (Å²) in [6.07, 6.45) is 1.57. The van der Waals surface area contributed by atoms with E-state index in [1.807, 2.05) is 31.2 Å². The molecule has 0 unspecified atom stereocenters. The number of aromatic hydroxyl groups is 1. The van der Waals surface area contributed by atoms with Gasteiger partial charge in [0.05, 0.1) is 17.3 Å². The van der Waals surface area contributed by atoms with Gasteiger partial charge in [0, 0.05) is 11.6 Å². The largest absolute Gasteiger partial charge is 0.507 e. The Morgan fingerprint density at radius 3 is 2.74 bits per heavy atom. The van der Waals surface area contributed by atoms with Crippen molar-refractivity contribution in [2.45, 2.75) is 6.92 Å². The lowest BCUT2D eigenvalue weighted by atomic mass is 10.1. The molecule has 2 N–H and O–H groups in total. The molecular weight excluding hydrogens is 360 g/mol. The number of phenolic OH excluding ortho intramolecular Hbond substituents is 1. The number of H-pyrrole nitrogens is 1. The highest BCUT2D eigenvalue weighted by atomic mass is 79.9. The fourth-order valence-corrected chi connectivity index (χ4v) is 2.54. The first kappa shape index (κ1) is 15.4. The van der Waals surface area contributed by atoms with Crippen LogP contribution in [0.25, 0.3) is 11.3 Å². The van der Waals surface area contributed by atoms with Crippen LogP contribution >= 0.6 is 15.9 Å². The number of hydrogen-bond acceptors (Lipinski definition) is 4. The highest BCUT2D eigenvalue weighted by Gasteiger charge is 2.15. The number of benzene rings is 2. The van der Waals surface area contributed by atoms with E-state index in [-0.39, 0.29) is 5.75 Å². The van der Waals surface area contributed by atoms with Gasteiger partial charge in [-0.1, -0.05) is 12.1 Å². The van der Waals surface area contributed by atoms with E-state index >= 15 is 0 Å². The topological polar surface area (TPSA) is 67.4 Å². The van der Waals surface area contributed by atoms with E-state index in [2.05, 4.69) is 26.1 Å². The van der Waals surface area contributed by atoms with Crippen molar-refractivity contribution in [2.75, 3.05) is 6.61 Å². The Balaban J connectivity index is 1.94. The molecule has 0 fully saturated rings.